The second kappa shape index (κ2) is 14.2. The van der Waals surface area contributed by atoms with E-state index in [0.717, 1.165) is 23.1 Å². The Morgan fingerprint density at radius 1 is 1.09 bits per heavy atom. The molecule has 0 saturated heterocycles. The van der Waals surface area contributed by atoms with Crippen molar-refractivity contribution in [3.05, 3.63) is 99.5 Å². The molecule has 3 aromatic heterocycles. The van der Waals surface area contributed by atoms with Crippen molar-refractivity contribution in [3.63, 3.8) is 0 Å². The summed E-state index contributed by atoms with van der Waals surface area (Å²) >= 11 is 6.62. The Morgan fingerprint density at radius 2 is 1.77 bits per heavy atom. The summed E-state index contributed by atoms with van der Waals surface area (Å²) in [6.45, 7) is 2.31. The number of fused-ring (bicyclic) bond motifs is 4. The highest BCUT2D eigenvalue weighted by Crippen LogP contribution is 2.60. The van der Waals surface area contributed by atoms with Gasteiger partial charge in [-0.25, -0.2) is 22.2 Å². The number of rotatable bonds is 10. The molecular formula is C39H37ClF4N8O4S. The Balaban J connectivity index is 1.39. The molecule has 3 heterocycles. The van der Waals surface area contributed by atoms with Crippen LogP contribution in [0, 0.1) is 29.4 Å². The lowest BCUT2D eigenvalue weighted by molar-refractivity contribution is -0.123. The third-order valence-corrected chi connectivity index (χ3v) is 10.5. The zero-order valence-electron chi connectivity index (χ0n) is 31.5. The van der Waals surface area contributed by atoms with Gasteiger partial charge in [0.15, 0.2) is 11.6 Å². The number of benzene rings is 2. The lowest BCUT2D eigenvalue weighted by Gasteiger charge is -2.28. The van der Waals surface area contributed by atoms with Gasteiger partial charge in [-0.05, 0) is 62.1 Å². The van der Waals surface area contributed by atoms with Crippen molar-refractivity contribution in [1.82, 2.24) is 29.9 Å². The standard InChI is InChI=1S/C39H37ClF4N8O4S/c1-38(2,54)14-13-23-7-8-24(25-10-12-28(40)32-34(25)51(5)47-36(32)49-57(6,55)56)33(45-23)29(17-20-15-21(41)18-22(42)16-20)46-30(53)19-52-35-31(37(48-52)50(3)4)26-9-11-27(26)39(35,43)44/h7-12,15-16,18,26-27,29,54H,17,19H2,1-6H3,(H,46,53)(H,47,49)/t26-,27+,29-/m0/s1. The predicted octanol–water partition coefficient (Wildman–Crippen LogP) is 5.80. The molecule has 2 aromatic carbocycles. The molecule has 1 amide bonds. The number of allylic oxidation sites excluding steroid dienone is 2. The Labute approximate surface area is 330 Å². The van der Waals surface area contributed by atoms with Crippen LogP contribution in [0.4, 0.5) is 29.2 Å². The normalized spacial score (nSPS) is 17.3. The number of carbonyl (C=O) groups is 1. The molecule has 0 bridgehead atoms. The van der Waals surface area contributed by atoms with Gasteiger partial charge >= 0.3 is 0 Å². The van der Waals surface area contributed by atoms with E-state index in [-0.39, 0.29) is 45.3 Å². The molecule has 12 nitrogen and oxygen atoms in total. The number of pyridine rings is 1. The SMILES string of the molecule is CN(C)c1nn(CC(=O)N[C@@H](Cc2cc(F)cc(F)c2)c2nc(C#CC(C)(C)O)ccc2-c2ccc(Cl)c3c(NS(C)(=O)=O)nn(C)c23)c2c1[C@H]1C=C[C@H]1C2(F)F. The summed E-state index contributed by atoms with van der Waals surface area (Å²) in [4.78, 5) is 20.6. The van der Waals surface area contributed by atoms with Crippen molar-refractivity contribution < 1.29 is 35.9 Å². The quantitative estimate of drug-likeness (QED) is 0.0911. The zero-order chi connectivity index (χ0) is 41.4. The van der Waals surface area contributed by atoms with Crippen LogP contribution < -0.4 is 14.9 Å². The van der Waals surface area contributed by atoms with E-state index in [1.54, 1.807) is 50.3 Å². The molecule has 0 saturated carbocycles. The molecule has 0 fully saturated rings. The fourth-order valence-corrected chi connectivity index (χ4v) is 8.07. The molecule has 298 valence electrons. The average Bonchev–Trinajstić information content (AvgIpc) is 3.63. The van der Waals surface area contributed by atoms with E-state index in [4.69, 9.17) is 16.6 Å². The van der Waals surface area contributed by atoms with Gasteiger partial charge in [0.2, 0.25) is 15.9 Å². The predicted molar refractivity (Wildman–Crippen MR) is 207 cm³/mol. The molecule has 18 heteroatoms. The van der Waals surface area contributed by atoms with Crippen molar-refractivity contribution in [1.29, 1.82) is 0 Å². The number of amides is 1. The molecule has 3 N–H and O–H groups in total. The lowest BCUT2D eigenvalue weighted by Crippen LogP contribution is -2.36. The molecule has 0 aliphatic heterocycles. The molecule has 2 aliphatic carbocycles. The Kier molecular flexibility index (Phi) is 9.90. The summed E-state index contributed by atoms with van der Waals surface area (Å²) in [5, 5.41) is 22.4. The highest BCUT2D eigenvalue weighted by molar-refractivity contribution is 7.92. The summed E-state index contributed by atoms with van der Waals surface area (Å²) in [5.41, 5.74) is 0.0989. The van der Waals surface area contributed by atoms with Crippen LogP contribution in [0.5, 0.6) is 0 Å². The van der Waals surface area contributed by atoms with Crippen molar-refractivity contribution in [2.45, 2.75) is 50.3 Å². The third-order valence-electron chi connectivity index (χ3n) is 9.63. The van der Waals surface area contributed by atoms with Crippen LogP contribution in [-0.4, -0.2) is 69.9 Å². The summed E-state index contributed by atoms with van der Waals surface area (Å²) in [6, 6.07) is 8.05. The second-order valence-corrected chi connectivity index (χ2v) is 17.1. The topological polar surface area (TPSA) is 147 Å². The fraction of sp³-hybridized carbons (Fsp3) is 0.333. The number of aliphatic hydroxyl groups is 1. The first-order valence-electron chi connectivity index (χ1n) is 17.6. The van der Waals surface area contributed by atoms with Crippen LogP contribution in [0.15, 0.2) is 54.6 Å². The van der Waals surface area contributed by atoms with Crippen molar-refractivity contribution in [2.24, 2.45) is 13.0 Å². The number of alkyl halides is 2. The first kappa shape index (κ1) is 39.8. The van der Waals surface area contributed by atoms with Crippen LogP contribution in [0.1, 0.15) is 54.0 Å². The maximum Gasteiger partial charge on any atom is 0.296 e. The summed E-state index contributed by atoms with van der Waals surface area (Å²) in [6.07, 6.45) is 3.86. The number of hydrogen-bond donors (Lipinski definition) is 3. The minimum absolute atomic E-state index is 0.0478. The van der Waals surface area contributed by atoms with Gasteiger partial charge in [0.05, 0.1) is 39.8 Å². The number of anilines is 2. The monoisotopic (exact) mass is 824 g/mol. The largest absolute Gasteiger partial charge is 0.378 e. The number of hydrogen-bond acceptors (Lipinski definition) is 8. The van der Waals surface area contributed by atoms with Crippen LogP contribution in [0.25, 0.3) is 22.0 Å². The van der Waals surface area contributed by atoms with E-state index < -0.39 is 63.5 Å². The van der Waals surface area contributed by atoms with E-state index in [1.165, 1.54) is 30.7 Å². The van der Waals surface area contributed by atoms with E-state index >= 15 is 8.78 Å². The number of nitrogens with one attached hydrogen (secondary N) is 2. The number of carbonyl (C=O) groups excluding carboxylic acids is 1. The van der Waals surface area contributed by atoms with Crippen LogP contribution in [0.2, 0.25) is 5.02 Å². The van der Waals surface area contributed by atoms with Gasteiger partial charge in [0, 0.05) is 49.8 Å². The number of aryl methyl sites for hydroxylation is 1. The zero-order valence-corrected chi connectivity index (χ0v) is 33.1. The average molecular weight is 825 g/mol. The summed E-state index contributed by atoms with van der Waals surface area (Å²) in [5.74, 6) is -1.67. The molecule has 3 atom stereocenters. The molecule has 57 heavy (non-hydrogen) atoms. The number of nitrogens with zero attached hydrogens (tertiary/aromatic N) is 6. The van der Waals surface area contributed by atoms with E-state index in [2.05, 4.69) is 32.1 Å². The van der Waals surface area contributed by atoms with Crippen molar-refractivity contribution in [2.75, 3.05) is 30.0 Å². The van der Waals surface area contributed by atoms with Crippen LogP contribution >= 0.6 is 11.6 Å². The van der Waals surface area contributed by atoms with E-state index in [1.807, 2.05) is 0 Å². The number of halogens is 5. The van der Waals surface area contributed by atoms with Crippen LogP contribution in [-0.2, 0) is 40.8 Å². The summed E-state index contributed by atoms with van der Waals surface area (Å²) in [7, 11) is 1.12. The molecule has 7 rings (SSSR count). The van der Waals surface area contributed by atoms with Crippen LogP contribution in [0.3, 0.4) is 0 Å². The first-order chi connectivity index (χ1) is 26.6. The highest BCUT2D eigenvalue weighted by Gasteiger charge is 2.59. The van der Waals surface area contributed by atoms with Gasteiger partial charge < -0.3 is 15.3 Å². The smallest absolute Gasteiger partial charge is 0.296 e. The van der Waals surface area contributed by atoms with Gasteiger partial charge in [-0.3, -0.25) is 18.9 Å². The van der Waals surface area contributed by atoms with E-state index in [0.29, 0.717) is 34.1 Å². The van der Waals surface area contributed by atoms with Gasteiger partial charge in [-0.2, -0.15) is 19.0 Å². The van der Waals surface area contributed by atoms with Crippen molar-refractivity contribution >= 4 is 50.1 Å². The molecular weight excluding hydrogens is 788 g/mol. The fourth-order valence-electron chi connectivity index (χ4n) is 7.33. The lowest BCUT2D eigenvalue weighted by atomic mass is 9.81. The van der Waals surface area contributed by atoms with E-state index in [9.17, 15) is 27.1 Å². The van der Waals surface area contributed by atoms with Gasteiger partial charge in [-0.15, -0.1) is 0 Å². The molecule has 5 aromatic rings. The molecule has 0 spiro atoms. The first-order valence-corrected chi connectivity index (χ1v) is 19.9. The summed E-state index contributed by atoms with van der Waals surface area (Å²) < 4.78 is 90.2. The highest BCUT2D eigenvalue weighted by atomic mass is 35.5. The Hall–Kier alpha value is -5.44. The van der Waals surface area contributed by atoms with Crippen molar-refractivity contribution in [3.8, 4) is 23.0 Å². The minimum Gasteiger partial charge on any atom is -0.378 e. The Bertz CT molecular complexity index is 2660. The molecule has 0 radical (unpaired) electrons. The third kappa shape index (κ3) is 7.68. The minimum atomic E-state index is -3.79. The van der Waals surface area contributed by atoms with Gasteiger partial charge in [-0.1, -0.05) is 35.7 Å². The maximum atomic E-state index is 15.8. The van der Waals surface area contributed by atoms with Gasteiger partial charge in [0.1, 0.15) is 35.2 Å². The second-order valence-electron chi connectivity index (χ2n) is 14.9. The van der Waals surface area contributed by atoms with Gasteiger partial charge in [0.25, 0.3) is 5.92 Å². The number of aromatic nitrogens is 5. The maximum absolute atomic E-state index is 15.8. The molecule has 0 unspecified atom stereocenters. The number of sulfonamides is 1. The Morgan fingerprint density at radius 3 is 2.39 bits per heavy atom. The molecule has 2 aliphatic rings.